The van der Waals surface area contributed by atoms with Gasteiger partial charge in [0, 0.05) is 12.6 Å². The molecule has 1 saturated carbocycles. The van der Waals surface area contributed by atoms with E-state index in [1.807, 2.05) is 0 Å². The lowest BCUT2D eigenvalue weighted by Crippen LogP contribution is -2.33. The van der Waals surface area contributed by atoms with E-state index in [4.69, 9.17) is 0 Å². The monoisotopic (exact) mass is 337 g/mol. The number of benzene rings is 1. The molecule has 0 aromatic heterocycles. The van der Waals surface area contributed by atoms with Crippen LogP contribution in [0, 0.1) is 5.92 Å². The molecule has 0 bridgehead atoms. The minimum atomic E-state index is 0.735. The molecule has 0 unspecified atom stereocenters. The Kier molecular flexibility index (Phi) is 6.50. The third kappa shape index (κ3) is 4.94. The first-order chi connectivity index (χ1) is 11.7. The van der Waals surface area contributed by atoms with Crippen molar-refractivity contribution >= 4 is 14.7 Å². The van der Waals surface area contributed by atoms with E-state index in [0.717, 1.165) is 34.4 Å². The van der Waals surface area contributed by atoms with Gasteiger partial charge in [-0.2, -0.15) is 0 Å². The molecule has 24 heavy (non-hydrogen) atoms. The molecule has 1 aromatic carbocycles. The highest BCUT2D eigenvalue weighted by molar-refractivity contribution is 6.61. The number of rotatable bonds is 7. The predicted molar refractivity (Wildman–Crippen MR) is 106 cm³/mol. The van der Waals surface area contributed by atoms with E-state index in [0.29, 0.717) is 0 Å². The molecule has 0 spiro atoms. The predicted octanol–water partition coefficient (Wildman–Crippen LogP) is 4.70. The number of hydrogen-bond acceptors (Lipinski definition) is 1. The average Bonchev–Trinajstić information content (AvgIpc) is 3.01. The smallest absolute Gasteiger partial charge is 0.117 e. The number of allylic oxidation sites excluding steroid dienone is 4. The third-order valence-electron chi connectivity index (χ3n) is 5.15. The van der Waals surface area contributed by atoms with Gasteiger partial charge in [0.15, 0.2) is 0 Å². The third-order valence-corrected chi connectivity index (χ3v) is 6.73. The van der Waals surface area contributed by atoms with Gasteiger partial charge in [-0.15, -0.1) is 0 Å². The maximum Gasteiger partial charge on any atom is 0.117 e. The van der Waals surface area contributed by atoms with Gasteiger partial charge < -0.3 is 5.32 Å². The van der Waals surface area contributed by atoms with Crippen molar-refractivity contribution in [1.82, 2.24) is 5.32 Å². The van der Waals surface area contributed by atoms with E-state index >= 15 is 0 Å². The first-order valence-corrected chi connectivity index (χ1v) is 10.7. The Morgan fingerprint density at radius 2 is 1.92 bits per heavy atom. The summed E-state index contributed by atoms with van der Waals surface area (Å²) in [5.74, 6) is 0.741. The summed E-state index contributed by atoms with van der Waals surface area (Å²) in [5, 5.41) is 7.02. The molecule has 0 amide bonds. The van der Waals surface area contributed by atoms with Crippen molar-refractivity contribution in [3.05, 3.63) is 52.8 Å². The van der Waals surface area contributed by atoms with Crippen LogP contribution in [-0.2, 0) is 6.54 Å². The first kappa shape index (κ1) is 17.7. The van der Waals surface area contributed by atoms with Crippen LogP contribution in [-0.4, -0.2) is 15.6 Å². The molecule has 1 N–H and O–H groups in total. The van der Waals surface area contributed by atoms with Crippen LogP contribution >= 0.6 is 0 Å². The second-order valence-corrected chi connectivity index (χ2v) is 9.10. The lowest BCUT2D eigenvalue weighted by atomic mass is 9.95. The Labute approximate surface area is 150 Å². The summed E-state index contributed by atoms with van der Waals surface area (Å²) in [6.45, 7) is 5.68. The van der Waals surface area contributed by atoms with Crippen molar-refractivity contribution in [2.24, 2.45) is 5.92 Å². The molecule has 0 atom stereocenters. The molecule has 0 heterocycles. The molecule has 1 fully saturated rings. The van der Waals surface area contributed by atoms with Gasteiger partial charge in [0.05, 0.1) is 0 Å². The molecule has 2 heteroatoms. The summed E-state index contributed by atoms with van der Waals surface area (Å²) in [7, 11) is 0.833. The van der Waals surface area contributed by atoms with Crippen LogP contribution in [0.2, 0.25) is 0 Å². The standard InChI is InChI=1S/C22H31NSi/c1-17(2)15-18-10-8-14-21(18)24-22-13-7-6-9-19(22)16-23-20-11-4-3-5-12-20/h6-10,13,17,20,23H,3-5,11-12,14-16H2,1-2H3. The zero-order chi connectivity index (χ0) is 16.8. The van der Waals surface area contributed by atoms with Crippen LogP contribution in [0.3, 0.4) is 0 Å². The number of hydrogen-bond donors (Lipinski definition) is 1. The summed E-state index contributed by atoms with van der Waals surface area (Å²) >= 11 is 0. The minimum absolute atomic E-state index is 0.735. The van der Waals surface area contributed by atoms with E-state index in [1.54, 1.807) is 16.0 Å². The summed E-state index contributed by atoms with van der Waals surface area (Å²) in [6, 6.07) is 9.80. The second kappa shape index (κ2) is 8.82. The zero-order valence-corrected chi connectivity index (χ0v) is 16.3. The normalized spacial score (nSPS) is 18.8. The van der Waals surface area contributed by atoms with Gasteiger partial charge in [0.2, 0.25) is 0 Å². The van der Waals surface area contributed by atoms with Gasteiger partial charge in [0.1, 0.15) is 9.52 Å². The molecular weight excluding hydrogens is 306 g/mol. The summed E-state index contributed by atoms with van der Waals surface area (Å²) < 4.78 is 0. The van der Waals surface area contributed by atoms with Gasteiger partial charge in [0.25, 0.3) is 0 Å². The zero-order valence-electron chi connectivity index (χ0n) is 15.3. The van der Waals surface area contributed by atoms with E-state index in [-0.39, 0.29) is 0 Å². The molecular formula is C22H31NSi. The Hall–Kier alpha value is -1.12. The van der Waals surface area contributed by atoms with Crippen molar-refractivity contribution in [3.8, 4) is 0 Å². The largest absolute Gasteiger partial charge is 0.310 e. The fourth-order valence-electron chi connectivity index (χ4n) is 3.83. The van der Waals surface area contributed by atoms with Crippen molar-refractivity contribution in [1.29, 1.82) is 0 Å². The van der Waals surface area contributed by atoms with Crippen LogP contribution in [0.4, 0.5) is 0 Å². The van der Waals surface area contributed by atoms with Crippen molar-refractivity contribution < 1.29 is 0 Å². The quantitative estimate of drug-likeness (QED) is 0.711. The Bertz CT molecular complexity index is 594. The van der Waals surface area contributed by atoms with Gasteiger partial charge in [-0.3, -0.25) is 0 Å². The fourth-order valence-corrected chi connectivity index (χ4v) is 5.24. The molecule has 2 aliphatic rings. The molecule has 0 aliphatic heterocycles. The molecule has 1 aromatic rings. The first-order valence-electron chi connectivity index (χ1n) is 9.69. The van der Waals surface area contributed by atoms with Crippen LogP contribution in [0.25, 0.3) is 0 Å². The van der Waals surface area contributed by atoms with Crippen LogP contribution in [0.15, 0.2) is 47.2 Å². The molecule has 2 radical (unpaired) electrons. The van der Waals surface area contributed by atoms with Crippen LogP contribution < -0.4 is 10.5 Å². The Morgan fingerprint density at radius 1 is 1.12 bits per heavy atom. The lowest BCUT2D eigenvalue weighted by Gasteiger charge is -2.23. The maximum atomic E-state index is 3.82. The molecule has 2 aliphatic carbocycles. The summed E-state index contributed by atoms with van der Waals surface area (Å²) in [6.07, 6.45) is 14.0. The van der Waals surface area contributed by atoms with Gasteiger partial charge >= 0.3 is 0 Å². The van der Waals surface area contributed by atoms with Gasteiger partial charge in [-0.1, -0.05) is 85.5 Å². The van der Waals surface area contributed by atoms with Crippen molar-refractivity contribution in [2.75, 3.05) is 0 Å². The molecule has 3 rings (SSSR count). The highest BCUT2D eigenvalue weighted by atomic mass is 28.2. The van der Waals surface area contributed by atoms with Gasteiger partial charge in [-0.25, -0.2) is 0 Å². The highest BCUT2D eigenvalue weighted by Crippen LogP contribution is 2.24. The topological polar surface area (TPSA) is 12.0 Å². The Balaban J connectivity index is 1.65. The van der Waals surface area contributed by atoms with Gasteiger partial charge in [-0.05, 0) is 37.2 Å². The maximum absolute atomic E-state index is 3.82. The number of nitrogens with one attached hydrogen (secondary N) is 1. The van der Waals surface area contributed by atoms with E-state index < -0.39 is 0 Å². The van der Waals surface area contributed by atoms with E-state index in [9.17, 15) is 0 Å². The molecule has 0 saturated heterocycles. The summed E-state index contributed by atoms with van der Waals surface area (Å²) in [5.41, 5.74) is 3.10. The Morgan fingerprint density at radius 3 is 2.71 bits per heavy atom. The van der Waals surface area contributed by atoms with Crippen LogP contribution in [0.1, 0.15) is 64.4 Å². The lowest BCUT2D eigenvalue weighted by molar-refractivity contribution is 0.372. The second-order valence-electron chi connectivity index (χ2n) is 7.71. The SMILES string of the molecule is CC(C)CC1=C([Si]c2ccccc2CNC2CCCCC2)CC=C1. The van der Waals surface area contributed by atoms with E-state index in [1.165, 1.54) is 44.1 Å². The highest BCUT2D eigenvalue weighted by Gasteiger charge is 2.16. The average molecular weight is 338 g/mol. The van der Waals surface area contributed by atoms with Crippen molar-refractivity contribution in [3.63, 3.8) is 0 Å². The minimum Gasteiger partial charge on any atom is -0.310 e. The fraction of sp³-hybridized carbons (Fsp3) is 0.545. The van der Waals surface area contributed by atoms with E-state index in [2.05, 4.69) is 55.6 Å². The molecule has 128 valence electrons. The van der Waals surface area contributed by atoms with Crippen molar-refractivity contribution in [2.45, 2.75) is 71.4 Å². The summed E-state index contributed by atoms with van der Waals surface area (Å²) in [4.78, 5) is 0. The molecule has 1 nitrogen and oxygen atoms in total. The van der Waals surface area contributed by atoms with Crippen LogP contribution in [0.5, 0.6) is 0 Å².